The number of nitrogens with one attached hydrogen (secondary N) is 1. The molecule has 0 aliphatic carbocycles. The summed E-state index contributed by atoms with van der Waals surface area (Å²) >= 11 is 0. The summed E-state index contributed by atoms with van der Waals surface area (Å²) in [7, 11) is 3.97. The van der Waals surface area contributed by atoms with Crippen LogP contribution in [0.1, 0.15) is 17.3 Å². The number of hydrogen-bond donors (Lipinski definition) is 1. The third-order valence-corrected chi connectivity index (χ3v) is 4.32. The third kappa shape index (κ3) is 4.44. The molecule has 0 radical (unpaired) electrons. The highest BCUT2D eigenvalue weighted by Crippen LogP contribution is 2.25. The summed E-state index contributed by atoms with van der Waals surface area (Å²) < 4.78 is 0. The monoisotopic (exact) mass is 360 g/mol. The minimum atomic E-state index is -0.175. The second-order valence-corrected chi connectivity index (χ2v) is 6.41. The van der Waals surface area contributed by atoms with Crippen molar-refractivity contribution >= 4 is 28.7 Å². The highest BCUT2D eigenvalue weighted by atomic mass is 16.1. The Kier molecular flexibility index (Phi) is 5.71. The van der Waals surface area contributed by atoms with E-state index in [2.05, 4.69) is 22.1 Å². The lowest BCUT2D eigenvalue weighted by Crippen LogP contribution is -2.18. The lowest BCUT2D eigenvalue weighted by Gasteiger charge is -2.23. The van der Waals surface area contributed by atoms with Gasteiger partial charge >= 0.3 is 0 Å². The van der Waals surface area contributed by atoms with Crippen molar-refractivity contribution in [2.75, 3.05) is 35.8 Å². The van der Waals surface area contributed by atoms with Crippen LogP contribution in [0.3, 0.4) is 0 Å². The van der Waals surface area contributed by atoms with Crippen LogP contribution in [0.2, 0.25) is 0 Å². The molecule has 1 N–H and O–H groups in total. The molecule has 3 aromatic rings. The van der Waals surface area contributed by atoms with E-state index in [4.69, 9.17) is 0 Å². The predicted molar refractivity (Wildman–Crippen MR) is 112 cm³/mol. The molecule has 0 aliphatic heterocycles. The van der Waals surface area contributed by atoms with E-state index in [1.807, 2.05) is 79.7 Å². The van der Waals surface area contributed by atoms with E-state index >= 15 is 0 Å². The van der Waals surface area contributed by atoms with Gasteiger partial charge in [-0.3, -0.25) is 9.78 Å². The zero-order valence-corrected chi connectivity index (χ0v) is 15.9. The van der Waals surface area contributed by atoms with E-state index in [1.165, 1.54) is 0 Å². The van der Waals surface area contributed by atoms with Gasteiger partial charge in [0.1, 0.15) is 0 Å². The Morgan fingerprint density at radius 3 is 2.26 bits per heavy atom. The molecule has 0 atom stereocenters. The topological polar surface area (TPSA) is 48.5 Å². The molecule has 0 aliphatic rings. The molecule has 0 spiro atoms. The summed E-state index contributed by atoms with van der Waals surface area (Å²) in [6.07, 6.45) is 3.37. The fraction of sp³-hybridized carbons (Fsp3) is 0.182. The molecule has 3 rings (SSSR count). The average molecular weight is 360 g/mol. The van der Waals surface area contributed by atoms with Gasteiger partial charge in [-0.2, -0.15) is 0 Å². The molecule has 1 amide bonds. The van der Waals surface area contributed by atoms with Crippen LogP contribution in [0.4, 0.5) is 22.7 Å². The van der Waals surface area contributed by atoms with Gasteiger partial charge in [0.2, 0.25) is 0 Å². The molecule has 0 unspecified atom stereocenters. The predicted octanol–water partition coefficient (Wildman–Crippen LogP) is 4.56. The first kappa shape index (κ1) is 18.5. The number of anilines is 4. The summed E-state index contributed by atoms with van der Waals surface area (Å²) in [5.74, 6) is -0.175. The van der Waals surface area contributed by atoms with Crippen LogP contribution in [-0.4, -0.2) is 31.5 Å². The number of rotatable bonds is 6. The van der Waals surface area contributed by atoms with Crippen molar-refractivity contribution < 1.29 is 4.79 Å². The van der Waals surface area contributed by atoms with Gasteiger partial charge in [0.25, 0.3) is 5.91 Å². The van der Waals surface area contributed by atoms with E-state index in [0.717, 1.165) is 29.3 Å². The lowest BCUT2D eigenvalue weighted by atomic mass is 10.2. The van der Waals surface area contributed by atoms with E-state index in [1.54, 1.807) is 12.4 Å². The zero-order valence-electron chi connectivity index (χ0n) is 15.9. The van der Waals surface area contributed by atoms with E-state index < -0.39 is 0 Å². The number of amides is 1. The van der Waals surface area contributed by atoms with Crippen molar-refractivity contribution in [3.8, 4) is 0 Å². The van der Waals surface area contributed by atoms with Gasteiger partial charge in [-0.05, 0) is 49.4 Å². The molecule has 1 aromatic heterocycles. The van der Waals surface area contributed by atoms with E-state index in [0.29, 0.717) is 5.56 Å². The first-order valence-electron chi connectivity index (χ1n) is 8.95. The fourth-order valence-electron chi connectivity index (χ4n) is 2.87. The molecule has 1 heterocycles. The molecule has 5 heteroatoms. The van der Waals surface area contributed by atoms with Gasteiger partial charge in [0.05, 0.1) is 17.4 Å². The average Bonchev–Trinajstić information content (AvgIpc) is 2.70. The van der Waals surface area contributed by atoms with Gasteiger partial charge < -0.3 is 15.1 Å². The first-order valence-corrected chi connectivity index (χ1v) is 8.95. The third-order valence-electron chi connectivity index (χ3n) is 4.32. The normalized spacial score (nSPS) is 10.3. The standard InChI is InChI=1S/C22H24N4O/c1-4-26(20-8-6-5-7-9-20)21-14-17(15-23-16-21)22(27)24-18-10-12-19(13-11-18)25(2)3/h5-16H,4H2,1-3H3,(H,24,27). The lowest BCUT2D eigenvalue weighted by molar-refractivity contribution is 0.102. The van der Waals surface area contributed by atoms with Crippen LogP contribution < -0.4 is 15.1 Å². The van der Waals surface area contributed by atoms with Crippen molar-refractivity contribution in [2.45, 2.75) is 6.92 Å². The number of para-hydroxylation sites is 1. The van der Waals surface area contributed by atoms with E-state index in [-0.39, 0.29) is 5.91 Å². The van der Waals surface area contributed by atoms with Gasteiger partial charge in [-0.15, -0.1) is 0 Å². The number of carbonyl (C=O) groups is 1. The Bertz CT molecular complexity index is 892. The van der Waals surface area contributed by atoms with Gasteiger partial charge in [-0.25, -0.2) is 0 Å². The maximum absolute atomic E-state index is 12.7. The first-order chi connectivity index (χ1) is 13.1. The Balaban J connectivity index is 1.79. The smallest absolute Gasteiger partial charge is 0.257 e. The zero-order chi connectivity index (χ0) is 19.2. The molecule has 2 aromatic carbocycles. The number of hydrogen-bond acceptors (Lipinski definition) is 4. The Labute approximate surface area is 160 Å². The maximum atomic E-state index is 12.7. The molecule has 138 valence electrons. The number of benzene rings is 2. The summed E-state index contributed by atoms with van der Waals surface area (Å²) in [5, 5.41) is 2.93. The van der Waals surface area contributed by atoms with Crippen LogP contribution in [0, 0.1) is 0 Å². The Hall–Kier alpha value is -3.34. The number of aromatic nitrogens is 1. The highest BCUT2D eigenvalue weighted by molar-refractivity contribution is 6.04. The van der Waals surface area contributed by atoms with Crippen molar-refractivity contribution in [1.29, 1.82) is 0 Å². The molecule has 27 heavy (non-hydrogen) atoms. The second kappa shape index (κ2) is 8.36. The van der Waals surface area contributed by atoms with Crippen molar-refractivity contribution in [1.82, 2.24) is 4.98 Å². The quantitative estimate of drug-likeness (QED) is 0.700. The van der Waals surface area contributed by atoms with Crippen LogP contribution >= 0.6 is 0 Å². The van der Waals surface area contributed by atoms with Crippen LogP contribution in [-0.2, 0) is 0 Å². The number of pyridine rings is 1. The minimum Gasteiger partial charge on any atom is -0.378 e. The molecule has 0 fully saturated rings. The summed E-state index contributed by atoms with van der Waals surface area (Å²) in [4.78, 5) is 21.1. The van der Waals surface area contributed by atoms with Crippen LogP contribution in [0.15, 0.2) is 73.1 Å². The maximum Gasteiger partial charge on any atom is 0.257 e. The Morgan fingerprint density at radius 2 is 1.63 bits per heavy atom. The molecule has 0 saturated heterocycles. The van der Waals surface area contributed by atoms with Crippen LogP contribution in [0.25, 0.3) is 0 Å². The SMILES string of the molecule is CCN(c1ccccc1)c1cncc(C(=O)Nc2ccc(N(C)C)cc2)c1. The highest BCUT2D eigenvalue weighted by Gasteiger charge is 2.12. The molecule has 0 bridgehead atoms. The Morgan fingerprint density at radius 1 is 0.926 bits per heavy atom. The molecular formula is C22H24N4O. The van der Waals surface area contributed by atoms with Crippen molar-refractivity contribution in [3.63, 3.8) is 0 Å². The van der Waals surface area contributed by atoms with E-state index in [9.17, 15) is 4.79 Å². The molecular weight excluding hydrogens is 336 g/mol. The molecule has 5 nitrogen and oxygen atoms in total. The number of nitrogens with zero attached hydrogens (tertiary/aromatic N) is 3. The van der Waals surface area contributed by atoms with Crippen LogP contribution in [0.5, 0.6) is 0 Å². The fourth-order valence-corrected chi connectivity index (χ4v) is 2.87. The summed E-state index contributed by atoms with van der Waals surface area (Å²) in [6, 6.07) is 19.7. The summed E-state index contributed by atoms with van der Waals surface area (Å²) in [6.45, 7) is 2.86. The number of carbonyl (C=O) groups excluding carboxylic acids is 1. The largest absolute Gasteiger partial charge is 0.378 e. The summed E-state index contributed by atoms with van der Waals surface area (Å²) in [5.41, 5.74) is 4.32. The van der Waals surface area contributed by atoms with Crippen molar-refractivity contribution in [2.24, 2.45) is 0 Å². The van der Waals surface area contributed by atoms with Gasteiger partial charge in [-0.1, -0.05) is 18.2 Å². The van der Waals surface area contributed by atoms with Gasteiger partial charge in [0, 0.05) is 43.9 Å². The second-order valence-electron chi connectivity index (χ2n) is 6.41. The van der Waals surface area contributed by atoms with Crippen molar-refractivity contribution in [3.05, 3.63) is 78.6 Å². The van der Waals surface area contributed by atoms with Gasteiger partial charge in [0.15, 0.2) is 0 Å². The molecule has 0 saturated carbocycles. The minimum absolute atomic E-state index is 0.175.